The van der Waals surface area contributed by atoms with Crippen LogP contribution in [-0.4, -0.2) is 91.7 Å². The number of fused-ring (bicyclic) bond motifs is 2. The molecule has 0 aromatic heterocycles. The Morgan fingerprint density at radius 1 is 1.00 bits per heavy atom. The zero-order valence-corrected chi connectivity index (χ0v) is 30.3. The van der Waals surface area contributed by atoms with Gasteiger partial charge < -0.3 is 35.4 Å². The first-order chi connectivity index (χ1) is 24.7. The summed E-state index contributed by atoms with van der Waals surface area (Å²) in [5, 5.41) is 2.68. The number of carbonyl (C=O) groups excluding carboxylic acids is 3. The number of nitrogens with zero attached hydrogens (tertiary/aromatic N) is 4. The Hall–Kier alpha value is -4.65. The third-order valence-electron chi connectivity index (χ3n) is 10.4. The molecule has 0 aliphatic carbocycles. The van der Waals surface area contributed by atoms with Crippen LogP contribution in [-0.2, 0) is 35.0 Å². The third kappa shape index (κ3) is 8.04. The number of nitrogens with two attached hydrogens (primary N) is 1. The minimum absolute atomic E-state index is 0.0418. The number of hydrogen-bond donors (Lipinski definition) is 2. The molecule has 3 aliphatic heterocycles. The summed E-state index contributed by atoms with van der Waals surface area (Å²) in [5.74, 6) is -0.544. The van der Waals surface area contributed by atoms with Gasteiger partial charge in [0.25, 0.3) is 5.91 Å². The topological polar surface area (TPSA) is 111 Å². The predicted molar refractivity (Wildman–Crippen MR) is 195 cm³/mol. The Labute approximate surface area is 306 Å². The van der Waals surface area contributed by atoms with E-state index < -0.39 is 35.5 Å². The zero-order chi connectivity index (χ0) is 37.3. The van der Waals surface area contributed by atoms with Crippen molar-refractivity contribution in [1.82, 2.24) is 14.7 Å². The number of nitrogens with one attached hydrogen (secondary N) is 1. The predicted octanol–water partition coefficient (Wildman–Crippen LogP) is 6.80. The Bertz CT molecular complexity index is 1830. The number of benzene rings is 3. The molecule has 14 heteroatoms. The third-order valence-corrected chi connectivity index (χ3v) is 10.7. The van der Waals surface area contributed by atoms with E-state index in [4.69, 9.17) is 22.1 Å². The highest BCUT2D eigenvalue weighted by molar-refractivity contribution is 6.33. The van der Waals surface area contributed by atoms with E-state index in [1.807, 2.05) is 56.3 Å². The van der Waals surface area contributed by atoms with Crippen LogP contribution < -0.4 is 16.0 Å². The van der Waals surface area contributed by atoms with Gasteiger partial charge in [0.2, 0.25) is 0 Å². The summed E-state index contributed by atoms with van der Waals surface area (Å²) in [6.07, 6.45) is -5.04. The summed E-state index contributed by atoms with van der Waals surface area (Å²) >= 11 is 6.14. The van der Waals surface area contributed by atoms with Gasteiger partial charge in [-0.05, 0) is 84.2 Å². The average Bonchev–Trinajstić information content (AvgIpc) is 3.38. The number of amides is 4. The molecule has 278 valence electrons. The summed E-state index contributed by atoms with van der Waals surface area (Å²) in [6, 6.07) is 15.7. The number of ether oxygens (including phenoxy) is 1. The van der Waals surface area contributed by atoms with Crippen molar-refractivity contribution in [2.45, 2.75) is 63.3 Å². The lowest BCUT2D eigenvalue weighted by Gasteiger charge is -2.38. The smallest absolute Gasteiger partial charge is 0.418 e. The first kappa shape index (κ1) is 37.1. The maximum Gasteiger partial charge on any atom is 0.418 e. The fraction of sp³-hybridized carbons (Fsp3) is 0.447. The SMILES string of the molecule is CC1CN(C(=O)C(Cc2cc(Cl)c(N)c(C(F)(F)F)c2)OC(=O)N2CCC(N3CCc4ccccc4NC3=O)CC2)CCc2cc(N(C)C)ccc21. The molecule has 0 saturated carbocycles. The van der Waals surface area contributed by atoms with Crippen molar-refractivity contribution in [3.63, 3.8) is 0 Å². The van der Waals surface area contributed by atoms with E-state index in [9.17, 15) is 27.6 Å². The molecule has 0 bridgehead atoms. The second-order valence-corrected chi connectivity index (χ2v) is 14.5. The van der Waals surface area contributed by atoms with Crippen LogP contribution in [0.5, 0.6) is 0 Å². The molecule has 2 unspecified atom stereocenters. The maximum atomic E-state index is 14.3. The lowest BCUT2D eigenvalue weighted by atomic mass is 9.94. The van der Waals surface area contributed by atoms with Gasteiger partial charge in [-0.2, -0.15) is 13.2 Å². The minimum atomic E-state index is -4.78. The average molecular weight is 741 g/mol. The van der Waals surface area contributed by atoms with Gasteiger partial charge in [-0.3, -0.25) is 4.79 Å². The molecule has 4 amide bonds. The van der Waals surface area contributed by atoms with Gasteiger partial charge in [0.15, 0.2) is 6.10 Å². The second kappa shape index (κ2) is 15.1. The molecular weight excluding hydrogens is 697 g/mol. The monoisotopic (exact) mass is 740 g/mol. The Morgan fingerprint density at radius 2 is 1.71 bits per heavy atom. The molecule has 2 atom stereocenters. The van der Waals surface area contributed by atoms with Crippen molar-refractivity contribution >= 4 is 46.7 Å². The van der Waals surface area contributed by atoms with Gasteiger partial charge >= 0.3 is 18.3 Å². The van der Waals surface area contributed by atoms with Crippen LogP contribution in [0.25, 0.3) is 0 Å². The Morgan fingerprint density at radius 3 is 2.42 bits per heavy atom. The molecule has 3 aromatic carbocycles. The number of anilines is 3. The van der Waals surface area contributed by atoms with E-state index in [2.05, 4.69) is 17.4 Å². The van der Waals surface area contributed by atoms with Crippen LogP contribution in [0.4, 0.5) is 39.8 Å². The number of alkyl halides is 3. The quantitative estimate of drug-likeness (QED) is 0.269. The fourth-order valence-electron chi connectivity index (χ4n) is 7.46. The second-order valence-electron chi connectivity index (χ2n) is 14.1. The Kier molecular flexibility index (Phi) is 10.8. The van der Waals surface area contributed by atoms with E-state index >= 15 is 0 Å². The van der Waals surface area contributed by atoms with Crippen molar-refractivity contribution < 1.29 is 32.3 Å². The summed E-state index contributed by atoms with van der Waals surface area (Å²) < 4.78 is 47.6. The summed E-state index contributed by atoms with van der Waals surface area (Å²) in [7, 11) is 3.91. The van der Waals surface area contributed by atoms with Crippen molar-refractivity contribution in [3.8, 4) is 0 Å². The van der Waals surface area contributed by atoms with Crippen molar-refractivity contribution in [2.75, 3.05) is 62.8 Å². The Balaban J connectivity index is 1.18. The van der Waals surface area contributed by atoms with Crippen molar-refractivity contribution in [2.24, 2.45) is 0 Å². The first-order valence-corrected chi connectivity index (χ1v) is 17.9. The highest BCUT2D eigenvalue weighted by Crippen LogP contribution is 2.38. The van der Waals surface area contributed by atoms with Crippen LogP contribution in [0.1, 0.15) is 53.5 Å². The van der Waals surface area contributed by atoms with Crippen molar-refractivity contribution in [1.29, 1.82) is 0 Å². The van der Waals surface area contributed by atoms with Crippen LogP contribution in [0.2, 0.25) is 5.02 Å². The van der Waals surface area contributed by atoms with Crippen LogP contribution in [0, 0.1) is 0 Å². The normalized spacial score (nSPS) is 18.8. The van der Waals surface area contributed by atoms with Gasteiger partial charge in [0.1, 0.15) is 0 Å². The molecule has 52 heavy (non-hydrogen) atoms. The molecule has 3 N–H and O–H groups in total. The van der Waals surface area contributed by atoms with Gasteiger partial charge in [0, 0.05) is 70.7 Å². The molecule has 0 spiro atoms. The molecule has 1 fully saturated rings. The lowest BCUT2D eigenvalue weighted by molar-refractivity contribution is -0.141. The molecule has 3 aliphatic rings. The number of hydrogen-bond acceptors (Lipinski definition) is 6. The van der Waals surface area contributed by atoms with E-state index in [1.54, 1.807) is 9.80 Å². The van der Waals surface area contributed by atoms with Crippen LogP contribution in [0.15, 0.2) is 54.6 Å². The number of urea groups is 1. The van der Waals surface area contributed by atoms with Gasteiger partial charge in [-0.25, -0.2) is 9.59 Å². The molecule has 0 radical (unpaired) electrons. The largest absolute Gasteiger partial charge is 0.436 e. The first-order valence-electron chi connectivity index (χ1n) is 17.5. The number of para-hydroxylation sites is 1. The highest BCUT2D eigenvalue weighted by atomic mass is 35.5. The number of nitrogen functional groups attached to an aromatic ring is 1. The number of rotatable bonds is 6. The van der Waals surface area contributed by atoms with E-state index in [0.29, 0.717) is 45.3 Å². The fourth-order valence-corrected chi connectivity index (χ4v) is 7.70. The van der Waals surface area contributed by atoms with Gasteiger partial charge in [-0.1, -0.05) is 42.8 Å². The molecule has 1 saturated heterocycles. The molecule has 10 nitrogen and oxygen atoms in total. The maximum absolute atomic E-state index is 14.3. The number of likely N-dealkylation sites (tertiary alicyclic amines) is 1. The summed E-state index contributed by atoms with van der Waals surface area (Å²) in [5.41, 5.74) is 9.10. The van der Waals surface area contributed by atoms with Crippen molar-refractivity contribution in [3.05, 3.63) is 87.4 Å². The standard InChI is InChI=1S/C38H44ClF3N6O4/c1-23-22-47(14-10-26-21-28(45(2)3)8-9-29(23)26)35(49)33(20-24-18-30(38(40,41)42)34(43)31(39)19-24)52-37(51)46-15-12-27(13-16-46)48-17-11-25-6-4-5-7-32(25)44-36(48)50/h4-9,18-19,21,23,27,33H,10-17,20,22,43H2,1-3H3,(H,44,50). The van der Waals surface area contributed by atoms with Gasteiger partial charge in [0.05, 0.1) is 16.3 Å². The summed E-state index contributed by atoms with van der Waals surface area (Å²) in [6.45, 7) is 3.78. The minimum Gasteiger partial charge on any atom is -0.436 e. The van der Waals surface area contributed by atoms with Crippen LogP contribution in [0.3, 0.4) is 0 Å². The molecule has 3 aromatic rings. The zero-order valence-electron chi connectivity index (χ0n) is 29.5. The number of halogens is 4. The molecule has 6 rings (SSSR count). The molecular formula is C38H44ClF3N6O4. The van der Waals surface area contributed by atoms with Gasteiger partial charge in [-0.15, -0.1) is 0 Å². The number of piperidine rings is 1. The van der Waals surface area contributed by atoms with E-state index in [-0.39, 0.29) is 48.1 Å². The lowest BCUT2D eigenvalue weighted by Crippen LogP contribution is -2.51. The molecule has 3 heterocycles. The van der Waals surface area contributed by atoms with Crippen LogP contribution >= 0.6 is 11.6 Å². The van der Waals surface area contributed by atoms with E-state index in [0.717, 1.165) is 34.1 Å². The number of carbonyl (C=O) groups is 3. The summed E-state index contributed by atoms with van der Waals surface area (Å²) in [4.78, 5) is 48.0. The van der Waals surface area contributed by atoms with E-state index in [1.165, 1.54) is 11.0 Å². The highest BCUT2D eigenvalue weighted by Gasteiger charge is 2.38.